The van der Waals surface area contributed by atoms with Gasteiger partial charge in [0.05, 0.1) is 12.3 Å². The molecule has 0 bridgehead atoms. The van der Waals surface area contributed by atoms with Crippen LogP contribution in [-0.2, 0) is 14.6 Å². The number of hydrogen-bond acceptors (Lipinski definition) is 4. The summed E-state index contributed by atoms with van der Waals surface area (Å²) in [6.45, 7) is 1.67. The van der Waals surface area contributed by atoms with Gasteiger partial charge in [0.25, 0.3) is 0 Å². The molecule has 1 amide bonds. The van der Waals surface area contributed by atoms with Gasteiger partial charge in [-0.2, -0.15) is 0 Å². The molecule has 2 aromatic rings. The van der Waals surface area contributed by atoms with E-state index in [-0.39, 0.29) is 10.8 Å². The lowest BCUT2D eigenvalue weighted by Crippen LogP contribution is -2.24. The minimum absolute atomic E-state index is 0.363. The van der Waals surface area contributed by atoms with Crippen LogP contribution >= 0.6 is 0 Å². The lowest BCUT2D eigenvalue weighted by Gasteiger charge is -2.14. The summed E-state index contributed by atoms with van der Waals surface area (Å²) in [7, 11) is -3.62. The number of nitrogens with one attached hydrogen (secondary N) is 1. The average molecular weight is 337 g/mol. The maximum absolute atomic E-state index is 13.9. The Hall–Kier alpha value is -2.41. The molecule has 0 saturated carbocycles. The lowest BCUT2D eigenvalue weighted by atomic mass is 10.1. The van der Waals surface area contributed by atoms with E-state index in [2.05, 4.69) is 5.32 Å². The predicted molar refractivity (Wildman–Crippen MR) is 83.8 cm³/mol. The molecular weight excluding hydrogens is 321 g/mol. The zero-order chi connectivity index (χ0) is 17.0. The molecular formula is C16H16FNO4S. The van der Waals surface area contributed by atoms with Crippen molar-refractivity contribution in [3.63, 3.8) is 0 Å². The van der Waals surface area contributed by atoms with Gasteiger partial charge in [-0.1, -0.05) is 6.07 Å². The number of hydrogen-bond donors (Lipinski definition) is 1. The van der Waals surface area contributed by atoms with Crippen LogP contribution in [0, 0.1) is 5.82 Å². The Kier molecular flexibility index (Phi) is 5.00. The molecule has 1 atom stereocenters. The van der Waals surface area contributed by atoms with Gasteiger partial charge in [-0.15, -0.1) is 0 Å². The first-order valence-electron chi connectivity index (χ1n) is 6.79. The molecule has 122 valence electrons. The number of amides is 1. The van der Waals surface area contributed by atoms with Crippen molar-refractivity contribution in [1.29, 1.82) is 0 Å². The molecule has 0 radical (unpaired) electrons. The van der Waals surface area contributed by atoms with Crippen LogP contribution in [0.3, 0.4) is 0 Å². The largest absolute Gasteiger partial charge is 0.465 e. The quantitative estimate of drug-likeness (QED) is 0.851. The van der Waals surface area contributed by atoms with Gasteiger partial charge in [0.2, 0.25) is 5.91 Å². The van der Waals surface area contributed by atoms with Gasteiger partial charge in [0.1, 0.15) is 16.5 Å². The fourth-order valence-electron chi connectivity index (χ4n) is 1.98. The van der Waals surface area contributed by atoms with Crippen molar-refractivity contribution in [1.82, 2.24) is 5.32 Å². The first-order valence-corrected chi connectivity index (χ1v) is 8.68. The van der Waals surface area contributed by atoms with Gasteiger partial charge >= 0.3 is 0 Å². The third-order valence-electron chi connectivity index (χ3n) is 3.16. The minimum atomic E-state index is -3.62. The van der Waals surface area contributed by atoms with E-state index in [1.165, 1.54) is 30.5 Å². The van der Waals surface area contributed by atoms with Gasteiger partial charge in [0, 0.05) is 12.3 Å². The van der Waals surface area contributed by atoms with Gasteiger partial charge in [0.15, 0.2) is 9.84 Å². The number of rotatable bonds is 5. The van der Waals surface area contributed by atoms with Crippen molar-refractivity contribution in [2.24, 2.45) is 0 Å². The molecule has 1 heterocycles. The lowest BCUT2D eigenvalue weighted by molar-refractivity contribution is -0.117. The molecule has 0 fully saturated rings. The van der Waals surface area contributed by atoms with Crippen molar-refractivity contribution >= 4 is 21.8 Å². The molecule has 0 aliphatic carbocycles. The highest BCUT2D eigenvalue weighted by Gasteiger charge is 2.16. The summed E-state index contributed by atoms with van der Waals surface area (Å²) in [4.78, 5) is 11.4. The summed E-state index contributed by atoms with van der Waals surface area (Å²) >= 11 is 0. The molecule has 1 aromatic heterocycles. The second-order valence-corrected chi connectivity index (χ2v) is 7.03. The number of halogens is 1. The number of sulfone groups is 1. The second-order valence-electron chi connectivity index (χ2n) is 5.04. The number of benzene rings is 1. The van der Waals surface area contributed by atoms with E-state index in [4.69, 9.17) is 4.42 Å². The first kappa shape index (κ1) is 17.0. The van der Waals surface area contributed by atoms with Crippen molar-refractivity contribution in [2.45, 2.75) is 17.9 Å². The molecule has 1 N–H and O–H groups in total. The van der Waals surface area contributed by atoms with Crippen molar-refractivity contribution in [3.05, 3.63) is 59.8 Å². The zero-order valence-electron chi connectivity index (χ0n) is 12.6. The molecule has 7 heteroatoms. The highest BCUT2D eigenvalue weighted by atomic mass is 32.2. The Labute approximate surface area is 133 Å². The topological polar surface area (TPSA) is 76.4 Å². The normalized spacial score (nSPS) is 13.2. The molecule has 5 nitrogen and oxygen atoms in total. The van der Waals surface area contributed by atoms with Crippen LogP contribution in [0.5, 0.6) is 0 Å². The average Bonchev–Trinajstić information content (AvgIpc) is 2.96. The third kappa shape index (κ3) is 4.53. The number of furan rings is 1. The van der Waals surface area contributed by atoms with Gasteiger partial charge in [-0.3, -0.25) is 4.79 Å². The van der Waals surface area contributed by atoms with E-state index in [1.54, 1.807) is 19.1 Å². The third-order valence-corrected chi connectivity index (χ3v) is 4.29. The van der Waals surface area contributed by atoms with Gasteiger partial charge in [-0.05, 0) is 42.8 Å². The Morgan fingerprint density at radius 1 is 1.35 bits per heavy atom. The smallest absolute Gasteiger partial charge is 0.244 e. The first-order chi connectivity index (χ1) is 10.8. The van der Waals surface area contributed by atoms with Crippen molar-refractivity contribution in [3.8, 4) is 0 Å². The Morgan fingerprint density at radius 3 is 2.65 bits per heavy atom. The predicted octanol–water partition coefficient (Wildman–Crippen LogP) is 2.71. The van der Waals surface area contributed by atoms with Crippen molar-refractivity contribution in [2.75, 3.05) is 6.26 Å². The molecule has 0 unspecified atom stereocenters. The monoisotopic (exact) mass is 337 g/mol. The van der Waals surface area contributed by atoms with Gasteiger partial charge in [-0.25, -0.2) is 12.8 Å². The molecule has 0 aliphatic rings. The molecule has 0 spiro atoms. The van der Waals surface area contributed by atoms with E-state index < -0.39 is 21.7 Å². The summed E-state index contributed by atoms with van der Waals surface area (Å²) in [5.74, 6) is -0.671. The van der Waals surface area contributed by atoms with Crippen LogP contribution in [0.4, 0.5) is 4.39 Å². The van der Waals surface area contributed by atoms with E-state index in [0.717, 1.165) is 12.3 Å². The summed E-state index contributed by atoms with van der Waals surface area (Å²) in [6.07, 6.45) is 5.24. The van der Waals surface area contributed by atoms with Crippen LogP contribution in [0.2, 0.25) is 0 Å². The Morgan fingerprint density at radius 2 is 2.09 bits per heavy atom. The van der Waals surface area contributed by atoms with Crippen LogP contribution in [0.1, 0.15) is 24.3 Å². The number of carbonyl (C=O) groups is 1. The van der Waals surface area contributed by atoms with E-state index in [1.807, 2.05) is 0 Å². The van der Waals surface area contributed by atoms with E-state index in [9.17, 15) is 17.6 Å². The molecule has 23 heavy (non-hydrogen) atoms. The highest BCUT2D eigenvalue weighted by Crippen LogP contribution is 2.20. The van der Waals surface area contributed by atoms with E-state index >= 15 is 0 Å². The molecule has 2 rings (SSSR count). The highest BCUT2D eigenvalue weighted by molar-refractivity contribution is 7.90. The van der Waals surface area contributed by atoms with Gasteiger partial charge < -0.3 is 9.73 Å². The van der Waals surface area contributed by atoms with E-state index in [0.29, 0.717) is 11.3 Å². The second kappa shape index (κ2) is 6.78. The fraction of sp³-hybridized carbons (Fsp3) is 0.188. The molecule has 0 aliphatic heterocycles. The minimum Gasteiger partial charge on any atom is -0.465 e. The summed E-state index contributed by atoms with van der Waals surface area (Å²) in [5, 5.41) is 2.66. The zero-order valence-corrected chi connectivity index (χ0v) is 13.4. The molecule has 0 saturated heterocycles. The Balaban J connectivity index is 2.07. The van der Waals surface area contributed by atoms with Crippen LogP contribution in [-0.4, -0.2) is 20.6 Å². The standard InChI is InChI=1S/C16H16FNO4S/c1-11(18-16(19)8-6-13-4-3-9-22-13)12-5-7-15(14(17)10-12)23(2,20)21/h3-11H,1-2H3,(H,18,19)/b8-6-/t11-/m1/s1. The summed E-state index contributed by atoms with van der Waals surface area (Å²) < 4.78 is 41.7. The summed E-state index contributed by atoms with van der Waals surface area (Å²) in [6, 6.07) is 6.70. The van der Waals surface area contributed by atoms with Crippen LogP contribution in [0.25, 0.3) is 6.08 Å². The van der Waals surface area contributed by atoms with Crippen LogP contribution in [0.15, 0.2) is 52.0 Å². The van der Waals surface area contributed by atoms with Crippen LogP contribution < -0.4 is 5.32 Å². The summed E-state index contributed by atoms with van der Waals surface area (Å²) in [5.41, 5.74) is 0.467. The Bertz CT molecular complexity index is 826. The fourth-order valence-corrected chi connectivity index (χ4v) is 2.70. The maximum Gasteiger partial charge on any atom is 0.244 e. The maximum atomic E-state index is 13.9. The SMILES string of the molecule is C[C@@H](NC(=O)/C=C\c1ccco1)c1ccc(S(C)(=O)=O)c(F)c1. The van der Waals surface area contributed by atoms with Crippen molar-refractivity contribution < 1.29 is 22.0 Å². The molecule has 1 aromatic carbocycles. The number of carbonyl (C=O) groups excluding carboxylic acids is 1.